The molecule has 0 fully saturated rings. The average Bonchev–Trinajstić information content (AvgIpc) is 3.01. The third-order valence-corrected chi connectivity index (χ3v) is 4.72. The normalized spacial score (nSPS) is 13.8. The zero-order chi connectivity index (χ0) is 21.7. The summed E-state index contributed by atoms with van der Waals surface area (Å²) in [4.78, 5) is 29.5. The van der Waals surface area contributed by atoms with Crippen LogP contribution in [-0.2, 0) is 9.59 Å². The summed E-state index contributed by atoms with van der Waals surface area (Å²) >= 11 is 0. The van der Waals surface area contributed by atoms with Crippen LogP contribution in [-0.4, -0.2) is 55.2 Å². The summed E-state index contributed by atoms with van der Waals surface area (Å²) in [6.07, 6.45) is 0. The smallest absolute Gasteiger partial charge is 0.282 e. The summed E-state index contributed by atoms with van der Waals surface area (Å²) in [5.41, 5.74) is 1.61. The molecule has 1 heterocycles. The number of likely N-dealkylation sites (N-methyl/N-ethyl adjacent to an activating group) is 1. The number of nitrogens with zero attached hydrogens (tertiary/aromatic N) is 2. The van der Waals surface area contributed by atoms with Crippen LogP contribution in [0.4, 0.5) is 5.69 Å². The van der Waals surface area contributed by atoms with Crippen molar-refractivity contribution >= 4 is 23.1 Å². The van der Waals surface area contributed by atoms with Gasteiger partial charge in [0.2, 0.25) is 0 Å². The number of anilines is 1. The van der Waals surface area contributed by atoms with Crippen LogP contribution < -0.4 is 14.4 Å². The van der Waals surface area contributed by atoms with Crippen molar-refractivity contribution in [3.8, 4) is 11.5 Å². The fourth-order valence-corrected chi connectivity index (χ4v) is 3.41. The van der Waals surface area contributed by atoms with Gasteiger partial charge in [-0.15, -0.1) is 0 Å². The van der Waals surface area contributed by atoms with Crippen LogP contribution in [0, 0.1) is 0 Å². The number of benzene rings is 2. The number of carbonyl (C=O) groups is 2. The van der Waals surface area contributed by atoms with Gasteiger partial charge in [-0.2, -0.15) is 0 Å². The molecule has 0 bridgehead atoms. The second-order valence-corrected chi connectivity index (χ2v) is 6.68. The highest BCUT2D eigenvalue weighted by Gasteiger charge is 2.41. The number of carbonyl (C=O) groups excluding carboxylic acids is 2. The van der Waals surface area contributed by atoms with Crippen molar-refractivity contribution in [2.24, 2.45) is 0 Å². The SMILES string of the molecule is CCOc1ccc(N2C(=O)C(c3ccccc3)=C(N(C)CCO)C2=O)cc1OCC. The van der Waals surface area contributed by atoms with E-state index in [-0.39, 0.29) is 18.8 Å². The Morgan fingerprint density at radius 3 is 2.23 bits per heavy atom. The van der Waals surface area contributed by atoms with Crippen molar-refractivity contribution in [2.45, 2.75) is 13.8 Å². The lowest BCUT2D eigenvalue weighted by atomic mass is 10.0. The maximum Gasteiger partial charge on any atom is 0.282 e. The predicted octanol–water partition coefficient (Wildman–Crippen LogP) is 2.69. The maximum atomic E-state index is 13.4. The fourth-order valence-electron chi connectivity index (χ4n) is 3.41. The Bertz CT molecular complexity index is 955. The van der Waals surface area contributed by atoms with Gasteiger partial charge in [-0.1, -0.05) is 30.3 Å². The standard InChI is InChI=1S/C23H26N2O5/c1-4-29-18-12-11-17(15-19(18)30-5-2)25-22(27)20(16-9-7-6-8-10-16)21(23(25)28)24(3)13-14-26/h6-12,15,26H,4-5,13-14H2,1-3H3. The largest absolute Gasteiger partial charge is 0.490 e. The van der Waals surface area contributed by atoms with Gasteiger partial charge in [-0.25, -0.2) is 4.90 Å². The first-order chi connectivity index (χ1) is 14.5. The molecule has 0 unspecified atom stereocenters. The quantitative estimate of drug-likeness (QED) is 0.641. The third-order valence-electron chi connectivity index (χ3n) is 4.72. The molecule has 2 amide bonds. The highest BCUT2D eigenvalue weighted by atomic mass is 16.5. The number of rotatable bonds is 9. The van der Waals surface area contributed by atoms with E-state index < -0.39 is 11.8 Å². The first kappa shape index (κ1) is 21.4. The van der Waals surface area contributed by atoms with E-state index in [0.717, 1.165) is 4.90 Å². The molecule has 0 saturated carbocycles. The van der Waals surface area contributed by atoms with Crippen molar-refractivity contribution in [3.05, 3.63) is 59.8 Å². The summed E-state index contributed by atoms with van der Waals surface area (Å²) in [6, 6.07) is 14.1. The molecule has 0 spiro atoms. The number of hydrogen-bond acceptors (Lipinski definition) is 6. The van der Waals surface area contributed by atoms with E-state index in [9.17, 15) is 14.7 Å². The average molecular weight is 410 g/mol. The lowest BCUT2D eigenvalue weighted by Crippen LogP contribution is -2.34. The highest BCUT2D eigenvalue weighted by molar-refractivity contribution is 6.45. The van der Waals surface area contributed by atoms with Crippen LogP contribution in [0.3, 0.4) is 0 Å². The van der Waals surface area contributed by atoms with Crippen molar-refractivity contribution in [3.63, 3.8) is 0 Å². The fraction of sp³-hybridized carbons (Fsp3) is 0.304. The van der Waals surface area contributed by atoms with E-state index in [4.69, 9.17) is 9.47 Å². The predicted molar refractivity (Wildman–Crippen MR) is 114 cm³/mol. The van der Waals surface area contributed by atoms with E-state index in [2.05, 4.69) is 0 Å². The summed E-state index contributed by atoms with van der Waals surface area (Å²) in [5.74, 6) is 0.158. The molecule has 158 valence electrons. The molecule has 0 radical (unpaired) electrons. The van der Waals surface area contributed by atoms with Crippen LogP contribution in [0.1, 0.15) is 19.4 Å². The minimum absolute atomic E-state index is 0.138. The Labute approximate surface area is 176 Å². The first-order valence-corrected chi connectivity index (χ1v) is 9.93. The van der Waals surface area contributed by atoms with Crippen molar-refractivity contribution < 1.29 is 24.2 Å². The molecule has 0 atom stereocenters. The molecule has 30 heavy (non-hydrogen) atoms. The van der Waals surface area contributed by atoms with E-state index in [1.165, 1.54) is 0 Å². The number of hydrogen-bond donors (Lipinski definition) is 1. The first-order valence-electron chi connectivity index (χ1n) is 9.93. The molecule has 2 aromatic rings. The second kappa shape index (κ2) is 9.45. The summed E-state index contributed by atoms with van der Waals surface area (Å²) in [5, 5.41) is 9.36. The van der Waals surface area contributed by atoms with Gasteiger partial charge in [-0.3, -0.25) is 9.59 Å². The van der Waals surface area contributed by atoms with E-state index in [1.54, 1.807) is 42.3 Å². The number of ether oxygens (including phenoxy) is 2. The molecule has 7 nitrogen and oxygen atoms in total. The molecule has 2 aromatic carbocycles. The highest BCUT2D eigenvalue weighted by Crippen LogP contribution is 2.38. The van der Waals surface area contributed by atoms with Gasteiger partial charge in [-0.05, 0) is 31.5 Å². The zero-order valence-electron chi connectivity index (χ0n) is 17.4. The topological polar surface area (TPSA) is 79.3 Å². The number of aliphatic hydroxyl groups excluding tert-OH is 1. The minimum atomic E-state index is -0.443. The van der Waals surface area contributed by atoms with Gasteiger partial charge >= 0.3 is 0 Å². The Hall–Kier alpha value is -3.32. The molecule has 0 saturated heterocycles. The summed E-state index contributed by atoms with van der Waals surface area (Å²) in [7, 11) is 1.69. The van der Waals surface area contributed by atoms with Gasteiger partial charge < -0.3 is 19.5 Å². The maximum absolute atomic E-state index is 13.4. The Morgan fingerprint density at radius 1 is 0.933 bits per heavy atom. The van der Waals surface area contributed by atoms with Crippen molar-refractivity contribution in [2.75, 3.05) is 38.3 Å². The molecule has 1 aliphatic heterocycles. The zero-order valence-corrected chi connectivity index (χ0v) is 17.4. The molecule has 7 heteroatoms. The van der Waals surface area contributed by atoms with Gasteiger partial charge in [0.05, 0.1) is 31.1 Å². The Kier molecular flexibility index (Phi) is 6.74. The van der Waals surface area contributed by atoms with Gasteiger partial charge in [0, 0.05) is 19.7 Å². The summed E-state index contributed by atoms with van der Waals surface area (Å²) in [6.45, 7) is 4.70. The van der Waals surface area contributed by atoms with Gasteiger partial charge in [0.1, 0.15) is 5.70 Å². The Balaban J connectivity index is 2.08. The molecular formula is C23H26N2O5. The number of amides is 2. The van der Waals surface area contributed by atoms with E-state index in [0.29, 0.717) is 41.5 Å². The number of imide groups is 1. The van der Waals surface area contributed by atoms with Crippen LogP contribution in [0.25, 0.3) is 5.57 Å². The third kappa shape index (κ3) is 4.02. The molecule has 1 N–H and O–H groups in total. The van der Waals surface area contributed by atoms with Crippen LogP contribution in [0.2, 0.25) is 0 Å². The molecule has 0 aliphatic carbocycles. The lowest BCUT2D eigenvalue weighted by Gasteiger charge is -2.21. The Morgan fingerprint density at radius 2 is 1.60 bits per heavy atom. The van der Waals surface area contributed by atoms with Gasteiger partial charge in [0.25, 0.3) is 11.8 Å². The molecule has 3 rings (SSSR count). The second-order valence-electron chi connectivity index (χ2n) is 6.68. The van der Waals surface area contributed by atoms with Crippen LogP contribution in [0.5, 0.6) is 11.5 Å². The van der Waals surface area contributed by atoms with E-state index in [1.807, 2.05) is 32.0 Å². The lowest BCUT2D eigenvalue weighted by molar-refractivity contribution is -0.120. The monoisotopic (exact) mass is 410 g/mol. The molecule has 1 aliphatic rings. The minimum Gasteiger partial charge on any atom is -0.490 e. The molecular weight excluding hydrogens is 384 g/mol. The summed E-state index contributed by atoms with van der Waals surface area (Å²) < 4.78 is 11.2. The van der Waals surface area contributed by atoms with E-state index >= 15 is 0 Å². The van der Waals surface area contributed by atoms with Crippen LogP contribution >= 0.6 is 0 Å². The number of aliphatic hydroxyl groups is 1. The van der Waals surface area contributed by atoms with Gasteiger partial charge in [0.15, 0.2) is 11.5 Å². The van der Waals surface area contributed by atoms with Crippen LogP contribution in [0.15, 0.2) is 54.2 Å². The van der Waals surface area contributed by atoms with Crippen molar-refractivity contribution in [1.29, 1.82) is 0 Å². The molecule has 0 aromatic heterocycles. The van der Waals surface area contributed by atoms with Crippen molar-refractivity contribution in [1.82, 2.24) is 4.90 Å².